The van der Waals surface area contributed by atoms with Gasteiger partial charge < -0.3 is 15.4 Å². The number of carbonyl (C=O) groups excluding carboxylic acids is 1. The molecule has 1 rings (SSSR count). The Morgan fingerprint density at radius 3 is 2.50 bits per heavy atom. The Morgan fingerprint density at radius 2 is 1.91 bits per heavy atom. The van der Waals surface area contributed by atoms with Gasteiger partial charge in [-0.2, -0.15) is 0 Å². The van der Waals surface area contributed by atoms with Crippen LogP contribution in [0.25, 0.3) is 0 Å². The van der Waals surface area contributed by atoms with Crippen molar-refractivity contribution in [3.63, 3.8) is 0 Å². The SMILES string of the molecule is CCCC(CC)Nc1ccccc1CNC(=O)OC(C)(C)C. The minimum absolute atomic E-state index is 0.386. The molecule has 0 fully saturated rings. The molecule has 0 radical (unpaired) electrons. The third kappa shape index (κ3) is 6.83. The average molecular weight is 306 g/mol. The Morgan fingerprint density at radius 1 is 1.23 bits per heavy atom. The van der Waals surface area contributed by atoms with Crippen molar-refractivity contribution in [2.45, 2.75) is 72.1 Å². The average Bonchev–Trinajstić information content (AvgIpc) is 2.44. The van der Waals surface area contributed by atoms with Gasteiger partial charge in [-0.1, -0.05) is 38.5 Å². The van der Waals surface area contributed by atoms with Gasteiger partial charge in [0.1, 0.15) is 5.60 Å². The van der Waals surface area contributed by atoms with E-state index in [0.29, 0.717) is 12.6 Å². The highest BCUT2D eigenvalue weighted by molar-refractivity contribution is 5.68. The zero-order valence-corrected chi connectivity index (χ0v) is 14.5. The molecule has 0 aliphatic rings. The second kappa shape index (κ2) is 8.66. The van der Waals surface area contributed by atoms with E-state index in [1.54, 1.807) is 0 Å². The molecule has 0 spiro atoms. The summed E-state index contributed by atoms with van der Waals surface area (Å²) in [4.78, 5) is 11.8. The van der Waals surface area contributed by atoms with Crippen LogP contribution in [0.4, 0.5) is 10.5 Å². The van der Waals surface area contributed by atoms with Gasteiger partial charge in [-0.05, 0) is 45.2 Å². The van der Waals surface area contributed by atoms with Crippen LogP contribution in [0.5, 0.6) is 0 Å². The molecule has 0 aliphatic heterocycles. The third-order valence-corrected chi connectivity index (χ3v) is 3.33. The molecule has 22 heavy (non-hydrogen) atoms. The number of rotatable bonds is 7. The quantitative estimate of drug-likeness (QED) is 0.767. The Bertz CT molecular complexity index is 466. The summed E-state index contributed by atoms with van der Waals surface area (Å²) >= 11 is 0. The van der Waals surface area contributed by atoms with Crippen LogP contribution >= 0.6 is 0 Å². The molecular formula is C18H30N2O2. The molecule has 1 unspecified atom stereocenters. The molecule has 2 N–H and O–H groups in total. The molecule has 1 aromatic carbocycles. The van der Waals surface area contributed by atoms with Gasteiger partial charge in [-0.3, -0.25) is 0 Å². The number of para-hydroxylation sites is 1. The molecule has 0 bridgehead atoms. The first kappa shape index (κ1) is 18.3. The fraction of sp³-hybridized carbons (Fsp3) is 0.611. The number of nitrogens with one attached hydrogen (secondary N) is 2. The number of alkyl carbamates (subject to hydrolysis) is 1. The molecule has 124 valence electrons. The second-order valence-corrected chi connectivity index (χ2v) is 6.55. The van der Waals surface area contributed by atoms with E-state index < -0.39 is 5.60 Å². The molecule has 1 amide bonds. The van der Waals surface area contributed by atoms with Crippen LogP contribution in [-0.2, 0) is 11.3 Å². The maximum Gasteiger partial charge on any atom is 0.407 e. The Labute approximate surface area is 134 Å². The van der Waals surface area contributed by atoms with E-state index in [-0.39, 0.29) is 6.09 Å². The molecule has 4 heteroatoms. The second-order valence-electron chi connectivity index (χ2n) is 6.55. The minimum Gasteiger partial charge on any atom is -0.444 e. The van der Waals surface area contributed by atoms with Crippen LogP contribution in [-0.4, -0.2) is 17.7 Å². The summed E-state index contributed by atoms with van der Waals surface area (Å²) in [7, 11) is 0. The van der Waals surface area contributed by atoms with Crippen LogP contribution in [0, 0.1) is 0 Å². The first-order valence-corrected chi connectivity index (χ1v) is 8.17. The number of hydrogen-bond acceptors (Lipinski definition) is 3. The summed E-state index contributed by atoms with van der Waals surface area (Å²) in [5.74, 6) is 0. The van der Waals surface area contributed by atoms with Crippen molar-refractivity contribution >= 4 is 11.8 Å². The maximum atomic E-state index is 11.8. The highest BCUT2D eigenvalue weighted by atomic mass is 16.6. The number of anilines is 1. The number of ether oxygens (including phenoxy) is 1. The summed E-state index contributed by atoms with van der Waals surface area (Å²) in [6, 6.07) is 8.55. The van der Waals surface area contributed by atoms with Gasteiger partial charge in [-0.25, -0.2) is 4.79 Å². The van der Waals surface area contributed by atoms with Crippen molar-refractivity contribution in [3.8, 4) is 0 Å². The van der Waals surface area contributed by atoms with Crippen LogP contribution in [0.1, 0.15) is 59.4 Å². The lowest BCUT2D eigenvalue weighted by molar-refractivity contribution is 0.0523. The molecular weight excluding hydrogens is 276 g/mol. The van der Waals surface area contributed by atoms with Crippen molar-refractivity contribution in [3.05, 3.63) is 29.8 Å². The van der Waals surface area contributed by atoms with Crippen molar-refractivity contribution in [1.82, 2.24) is 5.32 Å². The smallest absolute Gasteiger partial charge is 0.407 e. The van der Waals surface area contributed by atoms with Gasteiger partial charge in [0.2, 0.25) is 0 Å². The van der Waals surface area contributed by atoms with E-state index in [1.165, 1.54) is 0 Å². The van der Waals surface area contributed by atoms with Gasteiger partial charge >= 0.3 is 6.09 Å². The third-order valence-electron chi connectivity index (χ3n) is 3.33. The van der Waals surface area contributed by atoms with E-state index in [1.807, 2.05) is 39.0 Å². The van der Waals surface area contributed by atoms with E-state index in [9.17, 15) is 4.79 Å². The van der Waals surface area contributed by atoms with Crippen molar-refractivity contribution in [1.29, 1.82) is 0 Å². The maximum absolute atomic E-state index is 11.8. The van der Waals surface area contributed by atoms with Gasteiger partial charge in [0.25, 0.3) is 0 Å². The van der Waals surface area contributed by atoms with E-state index in [4.69, 9.17) is 4.74 Å². The van der Waals surface area contributed by atoms with Crippen molar-refractivity contribution in [2.24, 2.45) is 0 Å². The minimum atomic E-state index is -0.476. The lowest BCUT2D eigenvalue weighted by atomic mass is 10.1. The summed E-state index contributed by atoms with van der Waals surface area (Å²) in [5.41, 5.74) is 1.68. The number of benzene rings is 1. The monoisotopic (exact) mass is 306 g/mol. The first-order valence-electron chi connectivity index (χ1n) is 8.17. The van der Waals surface area contributed by atoms with Crippen LogP contribution in [0.15, 0.2) is 24.3 Å². The molecule has 1 aromatic rings. The molecule has 0 aromatic heterocycles. The molecule has 0 heterocycles. The molecule has 4 nitrogen and oxygen atoms in total. The number of carbonyl (C=O) groups is 1. The number of amides is 1. The highest BCUT2D eigenvalue weighted by Crippen LogP contribution is 2.18. The fourth-order valence-electron chi connectivity index (χ4n) is 2.24. The predicted molar refractivity (Wildman–Crippen MR) is 92.1 cm³/mol. The Balaban J connectivity index is 2.65. The van der Waals surface area contributed by atoms with Crippen LogP contribution in [0.3, 0.4) is 0 Å². The molecule has 1 atom stereocenters. The van der Waals surface area contributed by atoms with Gasteiger partial charge in [0, 0.05) is 18.3 Å². The lowest BCUT2D eigenvalue weighted by Gasteiger charge is -2.22. The largest absolute Gasteiger partial charge is 0.444 e. The molecule has 0 saturated heterocycles. The summed E-state index contributed by atoms with van der Waals surface area (Å²) in [5, 5.41) is 6.40. The normalized spacial score (nSPS) is 12.6. The van der Waals surface area contributed by atoms with Gasteiger partial charge in [-0.15, -0.1) is 0 Å². The standard InChI is InChI=1S/C18H30N2O2/c1-6-10-15(7-2)20-16-12-9-8-11-14(16)13-19-17(21)22-18(3,4)5/h8-9,11-12,15,20H,6-7,10,13H2,1-5H3,(H,19,21). The summed E-state index contributed by atoms with van der Waals surface area (Å²) in [6.07, 6.45) is 3.00. The van der Waals surface area contributed by atoms with Crippen LogP contribution < -0.4 is 10.6 Å². The summed E-state index contributed by atoms with van der Waals surface area (Å²) < 4.78 is 5.27. The van der Waals surface area contributed by atoms with Crippen LogP contribution in [0.2, 0.25) is 0 Å². The van der Waals surface area contributed by atoms with E-state index in [2.05, 4.69) is 30.5 Å². The molecule has 0 saturated carbocycles. The summed E-state index contributed by atoms with van der Waals surface area (Å²) in [6.45, 7) is 10.4. The number of hydrogen-bond donors (Lipinski definition) is 2. The fourth-order valence-corrected chi connectivity index (χ4v) is 2.24. The van der Waals surface area contributed by atoms with E-state index >= 15 is 0 Å². The Hall–Kier alpha value is -1.71. The zero-order chi connectivity index (χ0) is 16.6. The van der Waals surface area contributed by atoms with Crippen molar-refractivity contribution in [2.75, 3.05) is 5.32 Å². The van der Waals surface area contributed by atoms with Crippen molar-refractivity contribution < 1.29 is 9.53 Å². The molecule has 0 aliphatic carbocycles. The zero-order valence-electron chi connectivity index (χ0n) is 14.5. The van der Waals surface area contributed by atoms with Gasteiger partial charge in [0.05, 0.1) is 0 Å². The van der Waals surface area contributed by atoms with E-state index in [0.717, 1.165) is 30.5 Å². The predicted octanol–water partition coefficient (Wildman–Crippen LogP) is 4.70. The lowest BCUT2D eigenvalue weighted by Crippen LogP contribution is -2.32. The topological polar surface area (TPSA) is 50.4 Å². The first-order chi connectivity index (χ1) is 10.4. The highest BCUT2D eigenvalue weighted by Gasteiger charge is 2.16. The van der Waals surface area contributed by atoms with Gasteiger partial charge in [0.15, 0.2) is 0 Å². The Kier molecular flexibility index (Phi) is 7.22.